The van der Waals surface area contributed by atoms with E-state index in [1.54, 1.807) is 20.2 Å². The number of nitrogens with zero attached hydrogens (tertiary/aromatic N) is 1. The van der Waals surface area contributed by atoms with Gasteiger partial charge in [0.25, 0.3) is 5.91 Å². The summed E-state index contributed by atoms with van der Waals surface area (Å²) in [5.74, 6) is 0.450. The molecule has 128 valence electrons. The maximum absolute atomic E-state index is 12.2. The molecule has 3 N–H and O–H groups in total. The van der Waals surface area contributed by atoms with E-state index in [0.29, 0.717) is 5.75 Å². The number of aromatic amines is 1. The number of anilines is 1. The molecule has 0 spiro atoms. The molecular formula is C19H20N4O2. The Morgan fingerprint density at radius 1 is 1.20 bits per heavy atom. The van der Waals surface area contributed by atoms with Crippen LogP contribution >= 0.6 is 0 Å². The van der Waals surface area contributed by atoms with Crippen LogP contribution in [0.1, 0.15) is 12.5 Å². The van der Waals surface area contributed by atoms with Crippen LogP contribution < -0.4 is 15.5 Å². The van der Waals surface area contributed by atoms with Gasteiger partial charge in [-0.1, -0.05) is 30.3 Å². The fraction of sp³-hybridized carbons (Fsp3) is 0.158. The molecule has 1 aromatic heterocycles. The number of hydrogen-bond acceptors (Lipinski definition) is 4. The summed E-state index contributed by atoms with van der Waals surface area (Å²) in [6.45, 7) is 1.77. The highest BCUT2D eigenvalue weighted by molar-refractivity contribution is 5.99. The van der Waals surface area contributed by atoms with Crippen LogP contribution in [0.15, 0.2) is 59.8 Å². The molecule has 0 saturated heterocycles. The van der Waals surface area contributed by atoms with Crippen molar-refractivity contribution < 1.29 is 9.53 Å². The summed E-state index contributed by atoms with van der Waals surface area (Å²) in [6, 6.07) is 14.9. The first-order valence-electron chi connectivity index (χ1n) is 7.97. The molecule has 0 radical (unpaired) electrons. The topological polar surface area (TPSA) is 78.5 Å². The standard InChI is InChI=1S/C19H20N4O2/c1-13(22-17-9-5-6-10-18(17)25-2)19(24)23-21-12-14-11-20-16-8-4-3-7-15(14)16/h3-13,20,22H,1-2H3,(H,23,24)/b21-12-/t13-/m0/s1. The van der Waals surface area contributed by atoms with Crippen molar-refractivity contribution in [2.24, 2.45) is 5.10 Å². The van der Waals surface area contributed by atoms with Crippen LogP contribution in [0.3, 0.4) is 0 Å². The number of amides is 1. The molecule has 3 aromatic rings. The van der Waals surface area contributed by atoms with Crippen LogP contribution in [0.25, 0.3) is 10.9 Å². The predicted octanol–water partition coefficient (Wildman–Crippen LogP) is 3.13. The highest BCUT2D eigenvalue weighted by atomic mass is 16.5. The van der Waals surface area contributed by atoms with Gasteiger partial charge in [0, 0.05) is 22.7 Å². The predicted molar refractivity (Wildman–Crippen MR) is 100 cm³/mol. The van der Waals surface area contributed by atoms with E-state index in [4.69, 9.17) is 4.74 Å². The summed E-state index contributed by atoms with van der Waals surface area (Å²) in [7, 11) is 1.59. The Kier molecular flexibility index (Phi) is 4.99. The van der Waals surface area contributed by atoms with Gasteiger partial charge in [-0.3, -0.25) is 4.79 Å². The lowest BCUT2D eigenvalue weighted by molar-refractivity contribution is -0.121. The van der Waals surface area contributed by atoms with E-state index in [2.05, 4.69) is 20.8 Å². The van der Waals surface area contributed by atoms with E-state index in [1.807, 2.05) is 54.7 Å². The Bertz CT molecular complexity index is 901. The third-order valence-corrected chi connectivity index (χ3v) is 3.87. The zero-order valence-electron chi connectivity index (χ0n) is 14.1. The summed E-state index contributed by atoms with van der Waals surface area (Å²) in [6.07, 6.45) is 3.49. The third-order valence-electron chi connectivity index (χ3n) is 3.87. The van der Waals surface area contributed by atoms with Gasteiger partial charge in [-0.2, -0.15) is 5.10 Å². The number of carbonyl (C=O) groups is 1. The number of hydrazone groups is 1. The molecule has 0 aliphatic rings. The minimum Gasteiger partial charge on any atom is -0.495 e. The highest BCUT2D eigenvalue weighted by Gasteiger charge is 2.13. The van der Waals surface area contributed by atoms with E-state index < -0.39 is 6.04 Å². The van der Waals surface area contributed by atoms with Crippen molar-refractivity contribution in [2.75, 3.05) is 12.4 Å². The Balaban J connectivity index is 1.62. The number of nitrogens with one attached hydrogen (secondary N) is 3. The van der Waals surface area contributed by atoms with Gasteiger partial charge >= 0.3 is 0 Å². The molecule has 0 fully saturated rings. The number of aromatic nitrogens is 1. The lowest BCUT2D eigenvalue weighted by Crippen LogP contribution is -2.35. The van der Waals surface area contributed by atoms with Crippen LogP contribution in [0.4, 0.5) is 5.69 Å². The van der Waals surface area contributed by atoms with Crippen LogP contribution in [-0.4, -0.2) is 30.3 Å². The molecule has 1 heterocycles. The Hall–Kier alpha value is -3.28. The lowest BCUT2D eigenvalue weighted by Gasteiger charge is -2.15. The van der Waals surface area contributed by atoms with Gasteiger partial charge in [0.05, 0.1) is 19.0 Å². The summed E-state index contributed by atoms with van der Waals surface area (Å²) >= 11 is 0. The van der Waals surface area contributed by atoms with Gasteiger partial charge in [0.2, 0.25) is 0 Å². The van der Waals surface area contributed by atoms with Crippen molar-refractivity contribution in [3.05, 3.63) is 60.3 Å². The molecule has 3 rings (SSSR count). The summed E-state index contributed by atoms with van der Waals surface area (Å²) in [5.41, 5.74) is 5.26. The molecule has 0 unspecified atom stereocenters. The van der Waals surface area contributed by atoms with Gasteiger partial charge < -0.3 is 15.0 Å². The molecule has 6 nitrogen and oxygen atoms in total. The number of para-hydroxylation sites is 3. The maximum atomic E-state index is 12.2. The van der Waals surface area contributed by atoms with Crippen LogP contribution in [0, 0.1) is 0 Å². The average molecular weight is 336 g/mol. The quantitative estimate of drug-likeness (QED) is 0.478. The van der Waals surface area contributed by atoms with Crippen molar-refractivity contribution in [1.82, 2.24) is 10.4 Å². The van der Waals surface area contributed by atoms with E-state index in [-0.39, 0.29) is 5.91 Å². The SMILES string of the molecule is COc1ccccc1N[C@@H](C)C(=O)N/N=C\c1c[nH]c2ccccc12. The van der Waals surface area contributed by atoms with E-state index >= 15 is 0 Å². The van der Waals surface area contributed by atoms with Gasteiger partial charge in [0.1, 0.15) is 11.8 Å². The second-order valence-electron chi connectivity index (χ2n) is 5.59. The number of ether oxygens (including phenoxy) is 1. The first kappa shape index (κ1) is 16.6. The van der Waals surface area contributed by atoms with Gasteiger partial charge in [-0.25, -0.2) is 5.43 Å². The van der Waals surface area contributed by atoms with Crippen molar-refractivity contribution in [1.29, 1.82) is 0 Å². The lowest BCUT2D eigenvalue weighted by atomic mass is 10.2. The van der Waals surface area contributed by atoms with Crippen LogP contribution in [0.2, 0.25) is 0 Å². The average Bonchev–Trinajstić information content (AvgIpc) is 3.05. The zero-order valence-corrected chi connectivity index (χ0v) is 14.1. The molecule has 0 aliphatic carbocycles. The van der Waals surface area contributed by atoms with E-state index in [0.717, 1.165) is 22.2 Å². The number of hydrogen-bond donors (Lipinski definition) is 3. The van der Waals surface area contributed by atoms with Crippen molar-refractivity contribution in [3.8, 4) is 5.75 Å². The molecule has 25 heavy (non-hydrogen) atoms. The maximum Gasteiger partial charge on any atom is 0.262 e. The minimum atomic E-state index is -0.462. The molecule has 0 bridgehead atoms. The summed E-state index contributed by atoms with van der Waals surface area (Å²) in [4.78, 5) is 15.4. The molecule has 0 saturated carbocycles. The monoisotopic (exact) mass is 336 g/mol. The largest absolute Gasteiger partial charge is 0.495 e. The van der Waals surface area contributed by atoms with E-state index in [1.165, 1.54) is 0 Å². The third kappa shape index (κ3) is 3.80. The fourth-order valence-corrected chi connectivity index (χ4v) is 2.53. The van der Waals surface area contributed by atoms with Gasteiger partial charge in [0.15, 0.2) is 0 Å². The van der Waals surface area contributed by atoms with Crippen molar-refractivity contribution >= 4 is 28.7 Å². The number of rotatable bonds is 6. The number of fused-ring (bicyclic) bond motifs is 1. The van der Waals surface area contributed by atoms with Gasteiger partial charge in [-0.05, 0) is 25.1 Å². The number of carbonyl (C=O) groups excluding carboxylic acids is 1. The van der Waals surface area contributed by atoms with Crippen molar-refractivity contribution in [2.45, 2.75) is 13.0 Å². The smallest absolute Gasteiger partial charge is 0.262 e. The normalized spacial score (nSPS) is 12.2. The molecule has 1 amide bonds. The Labute approximate surface area is 145 Å². The van der Waals surface area contributed by atoms with Crippen LogP contribution in [0.5, 0.6) is 5.75 Å². The number of methoxy groups -OCH3 is 1. The first-order chi connectivity index (χ1) is 12.2. The second-order valence-corrected chi connectivity index (χ2v) is 5.59. The summed E-state index contributed by atoms with van der Waals surface area (Å²) < 4.78 is 5.27. The minimum absolute atomic E-state index is 0.234. The van der Waals surface area contributed by atoms with Crippen molar-refractivity contribution in [3.63, 3.8) is 0 Å². The van der Waals surface area contributed by atoms with E-state index in [9.17, 15) is 4.79 Å². The molecule has 1 atom stereocenters. The molecule has 2 aromatic carbocycles. The van der Waals surface area contributed by atoms with Crippen LogP contribution in [-0.2, 0) is 4.79 Å². The molecule has 0 aliphatic heterocycles. The second kappa shape index (κ2) is 7.53. The first-order valence-corrected chi connectivity index (χ1v) is 7.97. The number of benzene rings is 2. The fourth-order valence-electron chi connectivity index (χ4n) is 2.53. The Morgan fingerprint density at radius 3 is 2.80 bits per heavy atom. The highest BCUT2D eigenvalue weighted by Crippen LogP contribution is 2.23. The molecule has 6 heteroatoms. The van der Waals surface area contributed by atoms with Gasteiger partial charge in [-0.15, -0.1) is 0 Å². The molecular weight excluding hydrogens is 316 g/mol. The zero-order chi connectivity index (χ0) is 17.6. The number of H-pyrrole nitrogens is 1. The Morgan fingerprint density at radius 2 is 1.96 bits per heavy atom. The summed E-state index contributed by atoms with van der Waals surface area (Å²) in [5, 5.41) is 8.23.